The fourth-order valence-corrected chi connectivity index (χ4v) is 4.20. The highest BCUT2D eigenvalue weighted by Crippen LogP contribution is 2.38. The lowest BCUT2D eigenvalue weighted by Crippen LogP contribution is -2.21. The summed E-state index contributed by atoms with van der Waals surface area (Å²) >= 11 is 1.35. The Hall–Kier alpha value is -3.01. The Bertz CT molecular complexity index is 895. The second kappa shape index (κ2) is 8.12. The molecule has 1 amide bonds. The quantitative estimate of drug-likeness (QED) is 0.456. The van der Waals surface area contributed by atoms with Gasteiger partial charge in [-0.05, 0) is 53.3 Å². The zero-order valence-electron chi connectivity index (χ0n) is 14.5. The van der Waals surface area contributed by atoms with Crippen molar-refractivity contribution in [2.75, 3.05) is 19.0 Å². The van der Waals surface area contributed by atoms with Gasteiger partial charge in [0, 0.05) is 4.88 Å². The molecule has 0 saturated heterocycles. The van der Waals surface area contributed by atoms with E-state index in [1.807, 2.05) is 0 Å². The van der Waals surface area contributed by atoms with Crippen molar-refractivity contribution in [2.45, 2.75) is 25.7 Å². The van der Waals surface area contributed by atoms with E-state index in [-0.39, 0.29) is 5.75 Å². The van der Waals surface area contributed by atoms with Crippen LogP contribution < -0.4 is 10.1 Å². The van der Waals surface area contributed by atoms with Gasteiger partial charge in [0.25, 0.3) is 5.91 Å². The minimum absolute atomic E-state index is 0.101. The molecule has 9 nitrogen and oxygen atoms in total. The number of ether oxygens (including phenoxy) is 2. The van der Waals surface area contributed by atoms with Gasteiger partial charge in [-0.15, -0.1) is 11.3 Å². The molecule has 0 bridgehead atoms. The van der Waals surface area contributed by atoms with Gasteiger partial charge in [-0.1, -0.05) is 0 Å². The molecule has 3 rings (SSSR count). The SMILES string of the molecule is COC(=O)c1c(NC(=O)COc2cccnc2[N+](=O)[O-])sc2c1CCCC2. The van der Waals surface area contributed by atoms with Crippen molar-refractivity contribution in [2.24, 2.45) is 0 Å². The van der Waals surface area contributed by atoms with Crippen molar-refractivity contribution in [1.82, 2.24) is 4.98 Å². The maximum Gasteiger partial charge on any atom is 0.406 e. The third-order valence-corrected chi connectivity index (χ3v) is 5.30. The molecule has 0 saturated carbocycles. The van der Waals surface area contributed by atoms with E-state index >= 15 is 0 Å². The van der Waals surface area contributed by atoms with Crippen molar-refractivity contribution >= 4 is 34.0 Å². The molecule has 10 heteroatoms. The van der Waals surface area contributed by atoms with Gasteiger partial charge < -0.3 is 24.9 Å². The Balaban J connectivity index is 1.74. The molecule has 2 aromatic heterocycles. The minimum atomic E-state index is -0.685. The number of anilines is 1. The van der Waals surface area contributed by atoms with Crippen LogP contribution in [0.5, 0.6) is 5.75 Å². The van der Waals surface area contributed by atoms with Gasteiger partial charge in [-0.2, -0.15) is 0 Å². The standard InChI is InChI=1S/C17H17N3O6S/c1-25-17(22)14-10-5-2-3-7-12(10)27-16(14)19-13(21)9-26-11-6-4-8-18-15(11)20(23)24/h4,6,8H,2-3,5,7,9H2,1H3,(H,19,21). The van der Waals surface area contributed by atoms with Crippen LogP contribution in [0.25, 0.3) is 0 Å². The van der Waals surface area contributed by atoms with Crippen LogP contribution in [-0.4, -0.2) is 35.5 Å². The van der Waals surface area contributed by atoms with E-state index in [2.05, 4.69) is 10.3 Å². The first-order valence-electron chi connectivity index (χ1n) is 8.26. The van der Waals surface area contributed by atoms with Crippen molar-refractivity contribution in [3.8, 4) is 5.75 Å². The molecule has 0 fully saturated rings. The number of rotatable bonds is 6. The summed E-state index contributed by atoms with van der Waals surface area (Å²) in [6, 6.07) is 2.84. The second-order valence-electron chi connectivity index (χ2n) is 5.83. The highest BCUT2D eigenvalue weighted by Gasteiger charge is 2.27. The topological polar surface area (TPSA) is 121 Å². The second-order valence-corrected chi connectivity index (χ2v) is 6.93. The highest BCUT2D eigenvalue weighted by atomic mass is 32.1. The summed E-state index contributed by atoms with van der Waals surface area (Å²) in [6.45, 7) is -0.449. The van der Waals surface area contributed by atoms with Crippen molar-refractivity contribution < 1.29 is 24.0 Å². The Morgan fingerprint density at radius 3 is 2.89 bits per heavy atom. The number of hydrogen-bond acceptors (Lipinski definition) is 8. The molecule has 2 aromatic rings. The summed E-state index contributed by atoms with van der Waals surface area (Å²) in [5, 5.41) is 14.0. The van der Waals surface area contributed by atoms with E-state index < -0.39 is 29.2 Å². The largest absolute Gasteiger partial charge is 0.476 e. The average Bonchev–Trinajstić information content (AvgIpc) is 3.03. The maximum absolute atomic E-state index is 12.3. The van der Waals surface area contributed by atoms with E-state index in [0.717, 1.165) is 36.1 Å². The highest BCUT2D eigenvalue weighted by molar-refractivity contribution is 7.17. The third kappa shape index (κ3) is 4.05. The van der Waals surface area contributed by atoms with Crippen LogP contribution in [0.2, 0.25) is 0 Å². The number of amides is 1. The number of methoxy groups -OCH3 is 1. The predicted octanol–water partition coefficient (Wildman–Crippen LogP) is 2.73. The number of carbonyl (C=O) groups is 2. The van der Waals surface area contributed by atoms with Crippen LogP contribution in [-0.2, 0) is 22.4 Å². The lowest BCUT2D eigenvalue weighted by molar-refractivity contribution is -0.390. The number of esters is 1. The smallest absolute Gasteiger partial charge is 0.406 e. The number of thiophene rings is 1. The number of nitrogens with one attached hydrogen (secondary N) is 1. The summed E-state index contributed by atoms with van der Waals surface area (Å²) in [7, 11) is 1.30. The molecule has 1 N–H and O–H groups in total. The van der Waals surface area contributed by atoms with Crippen LogP contribution in [0.4, 0.5) is 10.8 Å². The molecule has 0 aliphatic heterocycles. The summed E-state index contributed by atoms with van der Waals surface area (Å²) in [6.07, 6.45) is 4.91. The van der Waals surface area contributed by atoms with Gasteiger partial charge in [0.1, 0.15) is 11.2 Å². The number of pyridine rings is 1. The molecule has 142 valence electrons. The van der Waals surface area contributed by atoms with Gasteiger partial charge in [-0.25, -0.2) is 4.79 Å². The van der Waals surface area contributed by atoms with Gasteiger partial charge in [0.2, 0.25) is 5.75 Å². The number of hydrogen-bond donors (Lipinski definition) is 1. The summed E-state index contributed by atoms with van der Waals surface area (Å²) in [4.78, 5) is 39.4. The van der Waals surface area contributed by atoms with E-state index in [1.165, 1.54) is 36.8 Å². The molecule has 0 unspecified atom stereocenters. The third-order valence-electron chi connectivity index (χ3n) is 4.10. The number of nitrogens with zero attached hydrogens (tertiary/aromatic N) is 2. The van der Waals surface area contributed by atoms with E-state index in [4.69, 9.17) is 9.47 Å². The molecule has 1 aliphatic rings. The van der Waals surface area contributed by atoms with Crippen molar-refractivity contribution in [3.63, 3.8) is 0 Å². The molecule has 0 radical (unpaired) electrons. The summed E-state index contributed by atoms with van der Waals surface area (Å²) in [5.74, 6) is -1.59. The van der Waals surface area contributed by atoms with Crippen molar-refractivity contribution in [3.05, 3.63) is 44.4 Å². The monoisotopic (exact) mass is 391 g/mol. The number of nitro groups is 1. The molecule has 27 heavy (non-hydrogen) atoms. The van der Waals surface area contributed by atoms with Gasteiger partial charge >= 0.3 is 11.8 Å². The number of carbonyl (C=O) groups excluding carboxylic acids is 2. The Morgan fingerprint density at radius 1 is 1.37 bits per heavy atom. The molecular weight excluding hydrogens is 374 g/mol. The van der Waals surface area contributed by atoms with Crippen LogP contribution in [0.3, 0.4) is 0 Å². The summed E-state index contributed by atoms with van der Waals surface area (Å²) in [5.41, 5.74) is 1.31. The lowest BCUT2D eigenvalue weighted by Gasteiger charge is -2.11. The molecule has 0 spiro atoms. The number of fused-ring (bicyclic) bond motifs is 1. The van der Waals surface area contributed by atoms with Crippen LogP contribution in [0.15, 0.2) is 18.3 Å². The van der Waals surface area contributed by atoms with Gasteiger partial charge in [0.15, 0.2) is 6.61 Å². The first kappa shape index (κ1) is 18.8. The molecule has 0 atom stereocenters. The molecular formula is C17H17N3O6S. The maximum atomic E-state index is 12.3. The molecule has 0 aromatic carbocycles. The van der Waals surface area contributed by atoms with Crippen LogP contribution in [0.1, 0.15) is 33.6 Å². The zero-order chi connectivity index (χ0) is 19.4. The summed E-state index contributed by atoms with van der Waals surface area (Å²) < 4.78 is 10.1. The van der Waals surface area contributed by atoms with E-state index in [0.29, 0.717) is 10.6 Å². The van der Waals surface area contributed by atoms with Gasteiger partial charge in [0.05, 0.1) is 12.7 Å². The fourth-order valence-electron chi connectivity index (χ4n) is 2.91. The zero-order valence-corrected chi connectivity index (χ0v) is 15.3. The first-order chi connectivity index (χ1) is 13.0. The Kier molecular flexibility index (Phi) is 5.65. The molecule has 2 heterocycles. The number of aryl methyl sites for hydroxylation is 1. The van der Waals surface area contributed by atoms with E-state index in [9.17, 15) is 19.7 Å². The van der Waals surface area contributed by atoms with Crippen LogP contribution in [0, 0.1) is 10.1 Å². The van der Waals surface area contributed by atoms with Gasteiger partial charge in [-0.3, -0.25) is 4.79 Å². The normalized spacial score (nSPS) is 12.8. The fraction of sp³-hybridized carbons (Fsp3) is 0.353. The average molecular weight is 391 g/mol. The Morgan fingerprint density at radius 2 is 2.15 bits per heavy atom. The first-order valence-corrected chi connectivity index (χ1v) is 9.07. The van der Waals surface area contributed by atoms with Crippen molar-refractivity contribution in [1.29, 1.82) is 0 Å². The van der Waals surface area contributed by atoms with E-state index in [1.54, 1.807) is 0 Å². The lowest BCUT2D eigenvalue weighted by atomic mass is 9.95. The molecule has 1 aliphatic carbocycles. The van der Waals surface area contributed by atoms with Crippen LogP contribution >= 0.6 is 11.3 Å². The number of aromatic nitrogens is 1. The predicted molar refractivity (Wildman–Crippen MR) is 97.3 cm³/mol. The minimum Gasteiger partial charge on any atom is -0.476 e. The Labute approximate surface area is 158 Å².